The van der Waals surface area contributed by atoms with Gasteiger partial charge < -0.3 is 25.0 Å². The normalized spacial score (nSPS) is 15.4. The lowest BCUT2D eigenvalue weighted by atomic mass is 10.0. The molecule has 0 radical (unpaired) electrons. The summed E-state index contributed by atoms with van der Waals surface area (Å²) in [6, 6.07) is 12.9. The van der Waals surface area contributed by atoms with Crippen molar-refractivity contribution in [1.82, 2.24) is 5.32 Å². The first-order valence-electron chi connectivity index (χ1n) is 7.71. The van der Waals surface area contributed by atoms with E-state index in [0.717, 1.165) is 23.5 Å². The Hall–Kier alpha value is -2.24. The predicted molar refractivity (Wildman–Crippen MR) is 86.8 cm³/mol. The van der Waals surface area contributed by atoms with Crippen LogP contribution in [0.3, 0.4) is 0 Å². The number of phenols is 1. The Labute approximate surface area is 135 Å². The summed E-state index contributed by atoms with van der Waals surface area (Å²) in [7, 11) is 0. The molecule has 0 aromatic heterocycles. The maximum atomic E-state index is 10.2. The minimum Gasteiger partial charge on any atom is -0.508 e. The number of rotatable bonds is 6. The summed E-state index contributed by atoms with van der Waals surface area (Å²) < 4.78 is 10.7. The molecule has 1 aliphatic heterocycles. The zero-order valence-corrected chi connectivity index (χ0v) is 13.0. The van der Waals surface area contributed by atoms with Gasteiger partial charge in [-0.05, 0) is 37.1 Å². The SMILES string of the molecule is CC(Cc1ccc2c(c1)OCO2)NCC(O)c1ccccc1O. The van der Waals surface area contributed by atoms with Gasteiger partial charge in [0.25, 0.3) is 0 Å². The second-order valence-corrected chi connectivity index (χ2v) is 5.78. The molecule has 3 rings (SSSR count). The first-order valence-corrected chi connectivity index (χ1v) is 7.71. The van der Waals surface area contributed by atoms with Crippen LogP contribution in [0.15, 0.2) is 42.5 Å². The topological polar surface area (TPSA) is 71.0 Å². The summed E-state index contributed by atoms with van der Waals surface area (Å²) in [5.41, 5.74) is 1.68. The van der Waals surface area contributed by atoms with Crippen molar-refractivity contribution in [3.63, 3.8) is 0 Å². The summed E-state index contributed by atoms with van der Waals surface area (Å²) in [5, 5.41) is 23.2. The van der Waals surface area contributed by atoms with Gasteiger partial charge in [-0.3, -0.25) is 0 Å². The number of fused-ring (bicyclic) bond motifs is 1. The van der Waals surface area contributed by atoms with E-state index in [9.17, 15) is 10.2 Å². The van der Waals surface area contributed by atoms with Crippen LogP contribution in [0.4, 0.5) is 0 Å². The fourth-order valence-electron chi connectivity index (χ4n) is 2.69. The molecule has 1 heterocycles. The molecule has 0 bridgehead atoms. The van der Waals surface area contributed by atoms with E-state index in [-0.39, 0.29) is 18.6 Å². The average Bonchev–Trinajstić information content (AvgIpc) is 3.01. The summed E-state index contributed by atoms with van der Waals surface area (Å²) in [5.74, 6) is 1.68. The van der Waals surface area contributed by atoms with E-state index < -0.39 is 6.10 Å². The molecule has 23 heavy (non-hydrogen) atoms. The molecule has 1 aliphatic rings. The van der Waals surface area contributed by atoms with Gasteiger partial charge in [0.05, 0.1) is 6.10 Å². The van der Waals surface area contributed by atoms with Gasteiger partial charge in [0.1, 0.15) is 5.75 Å². The predicted octanol–water partition coefficient (Wildman–Crippen LogP) is 2.38. The lowest BCUT2D eigenvalue weighted by Crippen LogP contribution is -2.32. The molecule has 0 fully saturated rings. The Balaban J connectivity index is 1.53. The number of hydrogen-bond acceptors (Lipinski definition) is 5. The van der Waals surface area contributed by atoms with Crippen LogP contribution < -0.4 is 14.8 Å². The van der Waals surface area contributed by atoms with Crippen LogP contribution in [-0.4, -0.2) is 29.6 Å². The van der Waals surface area contributed by atoms with E-state index in [1.54, 1.807) is 24.3 Å². The zero-order chi connectivity index (χ0) is 16.2. The van der Waals surface area contributed by atoms with E-state index in [4.69, 9.17) is 9.47 Å². The van der Waals surface area contributed by atoms with Gasteiger partial charge in [-0.25, -0.2) is 0 Å². The molecular weight excluding hydrogens is 294 g/mol. The second-order valence-electron chi connectivity index (χ2n) is 5.78. The number of ether oxygens (including phenoxy) is 2. The van der Waals surface area contributed by atoms with Crippen LogP contribution in [0.1, 0.15) is 24.2 Å². The van der Waals surface area contributed by atoms with E-state index in [2.05, 4.69) is 12.2 Å². The van der Waals surface area contributed by atoms with Gasteiger partial charge in [0.15, 0.2) is 11.5 Å². The van der Waals surface area contributed by atoms with E-state index in [1.807, 2.05) is 18.2 Å². The third-order valence-electron chi connectivity index (χ3n) is 3.93. The third-order valence-corrected chi connectivity index (χ3v) is 3.93. The largest absolute Gasteiger partial charge is 0.508 e. The minimum atomic E-state index is -0.740. The first kappa shape index (κ1) is 15.6. The van der Waals surface area contributed by atoms with Gasteiger partial charge >= 0.3 is 0 Å². The monoisotopic (exact) mass is 315 g/mol. The van der Waals surface area contributed by atoms with Crippen molar-refractivity contribution in [3.8, 4) is 17.2 Å². The highest BCUT2D eigenvalue weighted by Gasteiger charge is 2.16. The van der Waals surface area contributed by atoms with Crippen LogP contribution in [0.2, 0.25) is 0 Å². The van der Waals surface area contributed by atoms with Crippen LogP contribution in [0, 0.1) is 0 Å². The number of aliphatic hydroxyl groups excluding tert-OH is 1. The molecule has 3 N–H and O–H groups in total. The van der Waals surface area contributed by atoms with E-state index in [0.29, 0.717) is 12.1 Å². The lowest BCUT2D eigenvalue weighted by molar-refractivity contribution is 0.167. The minimum absolute atomic E-state index is 0.116. The molecule has 122 valence electrons. The van der Waals surface area contributed by atoms with E-state index >= 15 is 0 Å². The van der Waals surface area contributed by atoms with E-state index in [1.165, 1.54) is 0 Å². The van der Waals surface area contributed by atoms with Gasteiger partial charge in [0, 0.05) is 18.2 Å². The number of aliphatic hydroxyl groups is 1. The molecule has 2 aromatic rings. The van der Waals surface area contributed by atoms with Gasteiger partial charge in [-0.1, -0.05) is 24.3 Å². The Morgan fingerprint density at radius 3 is 2.74 bits per heavy atom. The summed E-state index contributed by atoms with van der Waals surface area (Å²) in [6.45, 7) is 2.71. The number of hydrogen-bond donors (Lipinski definition) is 3. The number of phenolic OH excluding ortho intramolecular Hbond substituents is 1. The fourth-order valence-corrected chi connectivity index (χ4v) is 2.69. The summed E-state index contributed by atoms with van der Waals surface area (Å²) >= 11 is 0. The smallest absolute Gasteiger partial charge is 0.231 e. The summed E-state index contributed by atoms with van der Waals surface area (Å²) in [6.07, 6.45) is 0.0693. The average molecular weight is 315 g/mol. The maximum Gasteiger partial charge on any atom is 0.231 e. The fraction of sp³-hybridized carbons (Fsp3) is 0.333. The molecule has 0 aliphatic carbocycles. The Bertz CT molecular complexity index is 674. The molecule has 0 amide bonds. The summed E-state index contributed by atoms with van der Waals surface area (Å²) in [4.78, 5) is 0. The molecule has 5 nitrogen and oxygen atoms in total. The van der Waals surface area contributed by atoms with Crippen molar-refractivity contribution in [2.75, 3.05) is 13.3 Å². The standard InChI is InChI=1S/C18H21NO4/c1-12(8-13-6-7-17-18(9-13)23-11-22-17)19-10-16(21)14-4-2-3-5-15(14)20/h2-7,9,12,16,19-21H,8,10-11H2,1H3. The Kier molecular flexibility index (Phi) is 4.69. The number of para-hydroxylation sites is 1. The van der Waals surface area contributed by atoms with Crippen LogP contribution in [0.5, 0.6) is 17.2 Å². The Morgan fingerprint density at radius 2 is 1.91 bits per heavy atom. The van der Waals surface area contributed by atoms with Crippen LogP contribution >= 0.6 is 0 Å². The van der Waals surface area contributed by atoms with Crippen molar-refractivity contribution in [1.29, 1.82) is 0 Å². The van der Waals surface area contributed by atoms with Crippen molar-refractivity contribution in [2.45, 2.75) is 25.5 Å². The van der Waals surface area contributed by atoms with Crippen LogP contribution in [0.25, 0.3) is 0 Å². The molecule has 0 saturated carbocycles. The second kappa shape index (κ2) is 6.89. The maximum absolute atomic E-state index is 10.2. The van der Waals surface area contributed by atoms with Crippen molar-refractivity contribution >= 4 is 0 Å². The van der Waals surface area contributed by atoms with Crippen molar-refractivity contribution < 1.29 is 19.7 Å². The number of aromatic hydroxyl groups is 1. The van der Waals surface area contributed by atoms with Crippen LogP contribution in [-0.2, 0) is 6.42 Å². The van der Waals surface area contributed by atoms with Crippen molar-refractivity contribution in [2.24, 2.45) is 0 Å². The van der Waals surface area contributed by atoms with Crippen molar-refractivity contribution in [3.05, 3.63) is 53.6 Å². The zero-order valence-electron chi connectivity index (χ0n) is 13.0. The first-order chi connectivity index (χ1) is 11.1. The highest BCUT2D eigenvalue weighted by molar-refractivity contribution is 5.44. The number of nitrogens with one attached hydrogen (secondary N) is 1. The molecule has 5 heteroatoms. The highest BCUT2D eigenvalue weighted by Crippen LogP contribution is 2.32. The molecule has 0 saturated heterocycles. The van der Waals surface area contributed by atoms with Gasteiger partial charge in [-0.2, -0.15) is 0 Å². The van der Waals surface area contributed by atoms with Gasteiger partial charge in [0.2, 0.25) is 6.79 Å². The molecule has 2 unspecified atom stereocenters. The van der Waals surface area contributed by atoms with Gasteiger partial charge in [-0.15, -0.1) is 0 Å². The molecule has 0 spiro atoms. The quantitative estimate of drug-likeness (QED) is 0.763. The highest BCUT2D eigenvalue weighted by atomic mass is 16.7. The third kappa shape index (κ3) is 3.75. The Morgan fingerprint density at radius 1 is 1.13 bits per heavy atom. The number of benzene rings is 2. The lowest BCUT2D eigenvalue weighted by Gasteiger charge is -2.18. The molecule has 2 atom stereocenters. The molecular formula is C18H21NO4. The molecule has 2 aromatic carbocycles.